The standard InChI is InChI=1S/C13H22N4O3S2.ClH/c1-10-15-9-13(21-10)22(19,20)17-7-3-2-4-11(17)8-16-12(18)5-6-14;/h9,11H,2-8,14H2,1H3,(H,16,18);1H. The second-order valence-electron chi connectivity index (χ2n) is 5.31. The van der Waals surface area contributed by atoms with E-state index in [0.717, 1.165) is 24.3 Å². The number of thiazole rings is 1. The van der Waals surface area contributed by atoms with Crippen LogP contribution < -0.4 is 11.1 Å². The molecule has 1 aliphatic heterocycles. The Balaban J connectivity index is 0.00000264. The van der Waals surface area contributed by atoms with E-state index >= 15 is 0 Å². The van der Waals surface area contributed by atoms with Gasteiger partial charge in [-0.1, -0.05) is 6.42 Å². The number of rotatable bonds is 6. The predicted molar refractivity (Wildman–Crippen MR) is 92.3 cm³/mol. The Morgan fingerprint density at radius 1 is 1.52 bits per heavy atom. The van der Waals surface area contributed by atoms with Crippen molar-refractivity contribution in [1.82, 2.24) is 14.6 Å². The van der Waals surface area contributed by atoms with Gasteiger partial charge in [0.2, 0.25) is 5.91 Å². The number of aromatic nitrogens is 1. The van der Waals surface area contributed by atoms with Crippen LogP contribution in [0.5, 0.6) is 0 Å². The van der Waals surface area contributed by atoms with E-state index in [9.17, 15) is 13.2 Å². The number of carbonyl (C=O) groups is 1. The molecule has 0 saturated carbocycles. The van der Waals surface area contributed by atoms with E-state index in [-0.39, 0.29) is 35.0 Å². The van der Waals surface area contributed by atoms with Crippen molar-refractivity contribution in [2.24, 2.45) is 5.73 Å². The molecule has 10 heteroatoms. The van der Waals surface area contributed by atoms with Crippen molar-refractivity contribution in [2.75, 3.05) is 19.6 Å². The third kappa shape index (κ3) is 5.12. The van der Waals surface area contributed by atoms with Crippen LogP contribution in [0.25, 0.3) is 0 Å². The molecule has 1 unspecified atom stereocenters. The van der Waals surface area contributed by atoms with E-state index in [1.54, 1.807) is 6.92 Å². The van der Waals surface area contributed by atoms with Crippen molar-refractivity contribution in [1.29, 1.82) is 0 Å². The molecule has 0 spiro atoms. The van der Waals surface area contributed by atoms with Gasteiger partial charge >= 0.3 is 0 Å². The number of carbonyl (C=O) groups excluding carboxylic acids is 1. The van der Waals surface area contributed by atoms with Crippen molar-refractivity contribution >= 4 is 39.7 Å². The summed E-state index contributed by atoms with van der Waals surface area (Å²) in [6, 6.07) is -0.206. The van der Waals surface area contributed by atoms with Crippen LogP contribution in [0.3, 0.4) is 0 Å². The molecule has 2 rings (SSSR count). The van der Waals surface area contributed by atoms with Crippen molar-refractivity contribution in [3.63, 3.8) is 0 Å². The summed E-state index contributed by atoms with van der Waals surface area (Å²) in [5.41, 5.74) is 5.34. The predicted octanol–water partition coefficient (Wildman–Crippen LogP) is 0.882. The van der Waals surface area contributed by atoms with E-state index in [0.29, 0.717) is 19.6 Å². The minimum atomic E-state index is -3.54. The average molecular weight is 383 g/mol. The number of piperidine rings is 1. The highest BCUT2D eigenvalue weighted by molar-refractivity contribution is 7.91. The lowest BCUT2D eigenvalue weighted by Crippen LogP contribution is -2.49. The van der Waals surface area contributed by atoms with Crippen LogP contribution in [0.4, 0.5) is 0 Å². The number of nitrogens with two attached hydrogens (primary N) is 1. The molecule has 1 fully saturated rings. The summed E-state index contributed by atoms with van der Waals surface area (Å²) in [4.78, 5) is 15.6. The lowest BCUT2D eigenvalue weighted by atomic mass is 10.1. The highest BCUT2D eigenvalue weighted by Gasteiger charge is 2.34. The van der Waals surface area contributed by atoms with Gasteiger partial charge in [-0.2, -0.15) is 4.31 Å². The van der Waals surface area contributed by atoms with Gasteiger partial charge in [-0.15, -0.1) is 23.7 Å². The lowest BCUT2D eigenvalue weighted by molar-refractivity contribution is -0.121. The van der Waals surface area contributed by atoms with Crippen LogP contribution in [-0.2, 0) is 14.8 Å². The number of hydrogen-bond donors (Lipinski definition) is 2. The molecule has 0 radical (unpaired) electrons. The number of hydrogen-bond acceptors (Lipinski definition) is 6. The van der Waals surface area contributed by atoms with Crippen molar-refractivity contribution < 1.29 is 13.2 Å². The Kier molecular flexibility index (Phi) is 7.88. The van der Waals surface area contributed by atoms with Gasteiger partial charge in [0.25, 0.3) is 10.0 Å². The molecule has 1 aromatic heterocycles. The third-order valence-corrected chi connectivity index (χ3v) is 6.94. The van der Waals surface area contributed by atoms with Gasteiger partial charge in [-0.05, 0) is 19.8 Å². The highest BCUT2D eigenvalue weighted by atomic mass is 35.5. The van der Waals surface area contributed by atoms with E-state index in [2.05, 4.69) is 10.3 Å². The van der Waals surface area contributed by atoms with Gasteiger partial charge in [0.15, 0.2) is 4.21 Å². The monoisotopic (exact) mass is 382 g/mol. The molecule has 1 aromatic rings. The van der Waals surface area contributed by atoms with Gasteiger partial charge in [0.1, 0.15) is 0 Å². The van der Waals surface area contributed by atoms with Crippen LogP contribution in [0.2, 0.25) is 0 Å². The summed E-state index contributed by atoms with van der Waals surface area (Å²) in [7, 11) is -3.54. The van der Waals surface area contributed by atoms with E-state index in [1.807, 2.05) is 0 Å². The Morgan fingerprint density at radius 2 is 2.26 bits per heavy atom. The van der Waals surface area contributed by atoms with Crippen molar-refractivity contribution in [2.45, 2.75) is 42.9 Å². The first-order chi connectivity index (χ1) is 10.4. The van der Waals surface area contributed by atoms with Crippen molar-refractivity contribution in [3.8, 4) is 0 Å². The summed E-state index contributed by atoms with van der Waals surface area (Å²) in [5, 5.41) is 3.50. The number of amides is 1. The summed E-state index contributed by atoms with van der Waals surface area (Å²) < 4.78 is 27.3. The maximum Gasteiger partial charge on any atom is 0.254 e. The molecule has 1 saturated heterocycles. The Labute approximate surface area is 147 Å². The van der Waals surface area contributed by atoms with Crippen LogP contribution >= 0.6 is 23.7 Å². The highest BCUT2D eigenvalue weighted by Crippen LogP contribution is 2.28. The first-order valence-corrected chi connectivity index (χ1v) is 9.62. The normalized spacial score (nSPS) is 19.1. The fourth-order valence-corrected chi connectivity index (χ4v) is 5.45. The Morgan fingerprint density at radius 3 is 2.87 bits per heavy atom. The summed E-state index contributed by atoms with van der Waals surface area (Å²) in [6.45, 7) is 2.88. The molecule has 2 heterocycles. The van der Waals surface area contributed by atoms with E-state index in [1.165, 1.54) is 21.8 Å². The summed E-state index contributed by atoms with van der Waals surface area (Å²) in [6.07, 6.45) is 4.22. The van der Waals surface area contributed by atoms with Crippen LogP contribution in [-0.4, -0.2) is 49.3 Å². The fourth-order valence-electron chi connectivity index (χ4n) is 2.52. The second kappa shape index (κ2) is 8.93. The SMILES string of the molecule is Cc1ncc(S(=O)(=O)N2CCCCC2CNC(=O)CCN)s1.Cl. The lowest BCUT2D eigenvalue weighted by Gasteiger charge is -2.34. The van der Waals surface area contributed by atoms with E-state index < -0.39 is 10.0 Å². The number of aryl methyl sites for hydroxylation is 1. The van der Waals surface area contributed by atoms with Gasteiger partial charge in [-0.3, -0.25) is 4.79 Å². The minimum absolute atomic E-state index is 0. The number of sulfonamides is 1. The maximum atomic E-state index is 12.7. The molecule has 132 valence electrons. The van der Waals surface area contributed by atoms with Crippen LogP contribution in [0.1, 0.15) is 30.7 Å². The molecule has 3 N–H and O–H groups in total. The van der Waals surface area contributed by atoms with Crippen LogP contribution in [0, 0.1) is 6.92 Å². The number of nitrogens with one attached hydrogen (secondary N) is 1. The smallest absolute Gasteiger partial charge is 0.254 e. The zero-order valence-corrected chi connectivity index (χ0v) is 15.5. The molecule has 1 aliphatic rings. The quantitative estimate of drug-likeness (QED) is 0.759. The molecule has 0 bridgehead atoms. The van der Waals surface area contributed by atoms with Gasteiger partial charge in [0, 0.05) is 32.1 Å². The fraction of sp³-hybridized carbons (Fsp3) is 0.692. The minimum Gasteiger partial charge on any atom is -0.354 e. The summed E-state index contributed by atoms with van der Waals surface area (Å²) >= 11 is 1.18. The molecule has 0 aliphatic carbocycles. The first kappa shape index (κ1) is 20.3. The Bertz CT molecular complexity index is 620. The summed E-state index contributed by atoms with van der Waals surface area (Å²) in [5.74, 6) is -0.140. The molecular weight excluding hydrogens is 360 g/mol. The van der Waals surface area contributed by atoms with Gasteiger partial charge in [0.05, 0.1) is 11.2 Å². The van der Waals surface area contributed by atoms with Gasteiger partial charge in [-0.25, -0.2) is 13.4 Å². The topological polar surface area (TPSA) is 105 Å². The zero-order chi connectivity index (χ0) is 16.2. The molecule has 1 atom stereocenters. The first-order valence-electron chi connectivity index (χ1n) is 7.36. The number of nitrogens with zero attached hydrogens (tertiary/aromatic N) is 2. The van der Waals surface area contributed by atoms with Crippen molar-refractivity contribution in [3.05, 3.63) is 11.2 Å². The molecule has 7 nitrogen and oxygen atoms in total. The molecular formula is C13H23ClN4O3S2. The van der Waals surface area contributed by atoms with Gasteiger partial charge < -0.3 is 11.1 Å². The zero-order valence-electron chi connectivity index (χ0n) is 13.0. The maximum absolute atomic E-state index is 12.7. The van der Waals surface area contributed by atoms with Crippen LogP contribution in [0.15, 0.2) is 10.4 Å². The molecule has 23 heavy (non-hydrogen) atoms. The number of halogens is 1. The molecule has 0 aromatic carbocycles. The molecule has 1 amide bonds. The van der Waals surface area contributed by atoms with E-state index in [4.69, 9.17) is 5.73 Å². The Hall–Kier alpha value is -0.740. The average Bonchev–Trinajstić information content (AvgIpc) is 2.93. The third-order valence-electron chi connectivity index (χ3n) is 3.64. The second-order valence-corrected chi connectivity index (χ2v) is 8.66. The largest absolute Gasteiger partial charge is 0.354 e.